The molecule has 4 heteroatoms. The van der Waals surface area contributed by atoms with E-state index in [1.54, 1.807) is 18.2 Å². The van der Waals surface area contributed by atoms with Crippen LogP contribution in [-0.2, 0) is 11.3 Å². The van der Waals surface area contributed by atoms with Gasteiger partial charge in [0.25, 0.3) is 0 Å². The summed E-state index contributed by atoms with van der Waals surface area (Å²) in [7, 11) is 0. The van der Waals surface area contributed by atoms with Crippen LogP contribution >= 0.6 is 0 Å². The van der Waals surface area contributed by atoms with Crippen molar-refractivity contribution in [2.45, 2.75) is 38.6 Å². The van der Waals surface area contributed by atoms with Crippen molar-refractivity contribution in [2.24, 2.45) is 23.7 Å². The molecule has 0 radical (unpaired) electrons. The molecule has 3 saturated carbocycles. The largest absolute Gasteiger partial charge is 0.352 e. The number of hydrogen-bond acceptors (Lipinski definition) is 2. The maximum Gasteiger partial charge on any atom is 0.221 e. The Labute approximate surface area is 143 Å². The summed E-state index contributed by atoms with van der Waals surface area (Å²) in [5.41, 5.74) is 0.551. The maximum absolute atomic E-state index is 13.6. The quantitative estimate of drug-likeness (QED) is 0.899. The standard InChI is InChI=1S/C20H27FN2O/c21-19-4-2-1-3-16(19)11-22-20(24)9-10-23-12-17-14-5-6-15(8-7-14)18(17)13-23/h1-4,14-15,17-18H,5-13H2,(H,22,24)/t14?,15?,17-,18+. The summed E-state index contributed by atoms with van der Waals surface area (Å²) in [4.78, 5) is 14.6. The second-order valence-corrected chi connectivity index (χ2v) is 7.88. The summed E-state index contributed by atoms with van der Waals surface area (Å²) < 4.78 is 13.6. The summed E-state index contributed by atoms with van der Waals surface area (Å²) in [6.07, 6.45) is 6.25. The van der Waals surface area contributed by atoms with Gasteiger partial charge in [-0.1, -0.05) is 18.2 Å². The van der Waals surface area contributed by atoms with E-state index >= 15 is 0 Å². The zero-order valence-corrected chi connectivity index (χ0v) is 14.2. The van der Waals surface area contributed by atoms with Crippen molar-refractivity contribution in [3.05, 3.63) is 35.6 Å². The first kappa shape index (κ1) is 16.1. The van der Waals surface area contributed by atoms with Crippen molar-refractivity contribution in [3.63, 3.8) is 0 Å². The molecule has 0 spiro atoms. The Hall–Kier alpha value is -1.42. The minimum absolute atomic E-state index is 0.0242. The van der Waals surface area contributed by atoms with Gasteiger partial charge in [0.1, 0.15) is 5.82 Å². The Morgan fingerprint density at radius 3 is 2.33 bits per heavy atom. The van der Waals surface area contributed by atoms with Crippen LogP contribution in [0, 0.1) is 29.5 Å². The van der Waals surface area contributed by atoms with Crippen LogP contribution in [0.25, 0.3) is 0 Å². The number of benzene rings is 1. The number of nitrogens with one attached hydrogen (secondary N) is 1. The molecular formula is C20H27FN2O. The lowest BCUT2D eigenvalue weighted by atomic mass is 9.60. The molecule has 1 N–H and O–H groups in total. The molecule has 5 rings (SSSR count). The van der Waals surface area contributed by atoms with E-state index in [0.29, 0.717) is 12.0 Å². The third-order valence-corrected chi connectivity index (χ3v) is 6.60. The van der Waals surface area contributed by atoms with E-state index in [9.17, 15) is 9.18 Å². The minimum Gasteiger partial charge on any atom is -0.352 e. The molecule has 1 saturated heterocycles. The lowest BCUT2D eigenvalue weighted by Gasteiger charge is -2.45. The molecule has 1 aliphatic heterocycles. The van der Waals surface area contributed by atoms with Gasteiger partial charge in [0.2, 0.25) is 5.91 Å². The number of rotatable bonds is 5. The number of likely N-dealkylation sites (tertiary alicyclic amines) is 1. The van der Waals surface area contributed by atoms with Crippen molar-refractivity contribution in [3.8, 4) is 0 Å². The van der Waals surface area contributed by atoms with Crippen LogP contribution in [-0.4, -0.2) is 30.4 Å². The van der Waals surface area contributed by atoms with E-state index < -0.39 is 0 Å². The molecule has 1 aromatic rings. The summed E-state index contributed by atoms with van der Waals surface area (Å²) in [6.45, 7) is 3.50. The van der Waals surface area contributed by atoms with Gasteiger partial charge < -0.3 is 10.2 Å². The molecule has 0 unspecified atom stereocenters. The number of carbonyl (C=O) groups is 1. The lowest BCUT2D eigenvalue weighted by Crippen LogP contribution is -2.38. The topological polar surface area (TPSA) is 32.3 Å². The van der Waals surface area contributed by atoms with E-state index in [1.807, 2.05) is 0 Å². The van der Waals surface area contributed by atoms with Gasteiger partial charge in [0.15, 0.2) is 0 Å². The third kappa shape index (κ3) is 3.21. The lowest BCUT2D eigenvalue weighted by molar-refractivity contribution is -0.121. The summed E-state index contributed by atoms with van der Waals surface area (Å²) in [6, 6.07) is 6.61. The first-order valence-electron chi connectivity index (χ1n) is 9.43. The van der Waals surface area contributed by atoms with Gasteiger partial charge in [-0.2, -0.15) is 0 Å². The molecule has 3 aliphatic carbocycles. The summed E-state index contributed by atoms with van der Waals surface area (Å²) >= 11 is 0. The van der Waals surface area contributed by atoms with Crippen LogP contribution in [0.15, 0.2) is 24.3 Å². The molecule has 130 valence electrons. The Morgan fingerprint density at radius 1 is 1.08 bits per heavy atom. The molecule has 24 heavy (non-hydrogen) atoms. The first-order valence-corrected chi connectivity index (χ1v) is 9.43. The number of nitrogens with zero attached hydrogens (tertiary/aromatic N) is 1. The van der Waals surface area contributed by atoms with Gasteiger partial charge in [-0.05, 0) is 55.4 Å². The van der Waals surface area contributed by atoms with Crippen LogP contribution in [0.5, 0.6) is 0 Å². The van der Waals surface area contributed by atoms with Crippen LogP contribution in [0.3, 0.4) is 0 Å². The highest BCUT2D eigenvalue weighted by Crippen LogP contribution is 2.51. The number of hydrogen-bond donors (Lipinski definition) is 1. The monoisotopic (exact) mass is 330 g/mol. The summed E-state index contributed by atoms with van der Waals surface area (Å²) in [5, 5.41) is 2.85. The Morgan fingerprint density at radius 2 is 1.71 bits per heavy atom. The normalized spacial score (nSPS) is 31.9. The van der Waals surface area contributed by atoms with E-state index in [-0.39, 0.29) is 18.3 Å². The van der Waals surface area contributed by atoms with Gasteiger partial charge in [0.05, 0.1) is 0 Å². The average Bonchev–Trinajstić information content (AvgIpc) is 3.06. The molecular weight excluding hydrogens is 303 g/mol. The number of fused-ring (bicyclic) bond motifs is 2. The molecule has 1 amide bonds. The average molecular weight is 330 g/mol. The first-order chi connectivity index (χ1) is 11.7. The number of carbonyl (C=O) groups excluding carboxylic acids is 1. The number of halogens is 1. The Kier molecular flexibility index (Phi) is 4.57. The predicted molar refractivity (Wildman–Crippen MR) is 91.7 cm³/mol. The highest BCUT2D eigenvalue weighted by Gasteiger charge is 2.47. The highest BCUT2D eigenvalue weighted by atomic mass is 19.1. The van der Waals surface area contributed by atoms with E-state index in [2.05, 4.69) is 10.2 Å². The van der Waals surface area contributed by atoms with Crippen LogP contribution in [0.1, 0.15) is 37.7 Å². The minimum atomic E-state index is -0.253. The fourth-order valence-corrected chi connectivity index (χ4v) is 5.31. The smallest absolute Gasteiger partial charge is 0.221 e. The zero-order valence-electron chi connectivity index (χ0n) is 14.2. The van der Waals surface area contributed by atoms with E-state index in [0.717, 1.165) is 30.2 Å². The molecule has 4 aliphatic rings. The van der Waals surface area contributed by atoms with Gasteiger partial charge in [-0.3, -0.25) is 4.79 Å². The molecule has 1 aromatic carbocycles. The van der Waals surface area contributed by atoms with Crippen molar-refractivity contribution < 1.29 is 9.18 Å². The zero-order chi connectivity index (χ0) is 16.5. The highest BCUT2D eigenvalue weighted by molar-refractivity contribution is 5.76. The third-order valence-electron chi connectivity index (χ3n) is 6.60. The fraction of sp³-hybridized carbons (Fsp3) is 0.650. The van der Waals surface area contributed by atoms with E-state index in [1.165, 1.54) is 44.8 Å². The molecule has 2 atom stereocenters. The molecule has 0 aromatic heterocycles. The SMILES string of the molecule is O=C(CCN1C[C@@H]2C3CCC(CC3)[C@@H]2C1)NCc1ccccc1F. The maximum atomic E-state index is 13.6. The summed E-state index contributed by atoms with van der Waals surface area (Å²) in [5.74, 6) is 3.44. The van der Waals surface area contributed by atoms with Gasteiger partial charge in [0, 0.05) is 38.2 Å². The van der Waals surface area contributed by atoms with Crippen LogP contribution < -0.4 is 5.32 Å². The van der Waals surface area contributed by atoms with Crippen molar-refractivity contribution in [1.82, 2.24) is 10.2 Å². The molecule has 1 heterocycles. The van der Waals surface area contributed by atoms with Crippen molar-refractivity contribution in [2.75, 3.05) is 19.6 Å². The molecule has 3 nitrogen and oxygen atoms in total. The fourth-order valence-electron chi connectivity index (χ4n) is 5.31. The van der Waals surface area contributed by atoms with Crippen LogP contribution in [0.2, 0.25) is 0 Å². The predicted octanol–water partition coefficient (Wildman–Crippen LogP) is 3.20. The Balaban J connectivity index is 1.23. The van der Waals surface area contributed by atoms with Crippen molar-refractivity contribution >= 4 is 5.91 Å². The second kappa shape index (κ2) is 6.83. The van der Waals surface area contributed by atoms with Gasteiger partial charge in [-0.25, -0.2) is 4.39 Å². The van der Waals surface area contributed by atoms with Crippen LogP contribution in [0.4, 0.5) is 4.39 Å². The molecule has 2 bridgehead atoms. The molecule has 4 fully saturated rings. The van der Waals surface area contributed by atoms with Gasteiger partial charge >= 0.3 is 0 Å². The van der Waals surface area contributed by atoms with Crippen molar-refractivity contribution in [1.29, 1.82) is 0 Å². The Bertz CT molecular complexity index is 577. The van der Waals surface area contributed by atoms with Gasteiger partial charge in [-0.15, -0.1) is 0 Å². The second-order valence-electron chi connectivity index (χ2n) is 7.88. The number of amides is 1. The van der Waals surface area contributed by atoms with E-state index in [4.69, 9.17) is 0 Å².